The Labute approximate surface area is 163 Å². The van der Waals surface area contributed by atoms with Gasteiger partial charge in [0.05, 0.1) is 16.7 Å². The van der Waals surface area contributed by atoms with E-state index in [1.54, 1.807) is 0 Å². The van der Waals surface area contributed by atoms with Crippen LogP contribution in [0.1, 0.15) is 63.7 Å². The van der Waals surface area contributed by atoms with Crippen molar-refractivity contribution >= 4 is 23.7 Å². The molecule has 3 amide bonds. The molecule has 0 unspecified atom stereocenters. The van der Waals surface area contributed by atoms with Crippen LogP contribution in [0.3, 0.4) is 0 Å². The summed E-state index contributed by atoms with van der Waals surface area (Å²) < 4.78 is 5.09. The molecule has 0 spiro atoms. The number of carbonyl (C=O) groups is 4. The molecule has 1 saturated carbocycles. The lowest BCUT2D eigenvalue weighted by molar-refractivity contribution is -0.125. The lowest BCUT2D eigenvalue weighted by atomic mass is 9.86. The fourth-order valence-electron chi connectivity index (χ4n) is 3.71. The first kappa shape index (κ1) is 19.8. The van der Waals surface area contributed by atoms with Crippen molar-refractivity contribution in [2.24, 2.45) is 5.92 Å². The van der Waals surface area contributed by atoms with Crippen molar-refractivity contribution in [2.75, 3.05) is 13.2 Å². The highest BCUT2D eigenvalue weighted by molar-refractivity contribution is 6.22. The summed E-state index contributed by atoms with van der Waals surface area (Å²) in [5.41, 5.74) is 0.522. The number of benzene rings is 1. The number of nitrogens with one attached hydrogen (secondary N) is 1. The van der Waals surface area contributed by atoms with Gasteiger partial charge in [-0.3, -0.25) is 19.3 Å². The van der Waals surface area contributed by atoms with E-state index >= 15 is 0 Å². The zero-order valence-electron chi connectivity index (χ0n) is 15.9. The maximum atomic E-state index is 12.3. The third-order valence-corrected chi connectivity index (χ3v) is 5.31. The number of hydrogen-bond acceptors (Lipinski definition) is 5. The molecule has 28 heavy (non-hydrogen) atoms. The molecule has 148 valence electrons. The first-order chi connectivity index (χ1) is 13.4. The van der Waals surface area contributed by atoms with Gasteiger partial charge < -0.3 is 10.1 Å². The molecular weight excluding hydrogens is 360 g/mol. The van der Waals surface area contributed by atoms with Crippen molar-refractivity contribution in [1.82, 2.24) is 10.2 Å². The number of esters is 1. The van der Waals surface area contributed by atoms with Crippen LogP contribution in [0.5, 0.6) is 0 Å². The molecule has 0 bridgehead atoms. The number of carbonyl (C=O) groups excluding carboxylic acids is 4. The fourth-order valence-corrected chi connectivity index (χ4v) is 3.71. The van der Waals surface area contributed by atoms with Gasteiger partial charge in [-0.15, -0.1) is 6.58 Å². The van der Waals surface area contributed by atoms with Gasteiger partial charge in [-0.2, -0.15) is 0 Å². The van der Waals surface area contributed by atoms with Crippen molar-refractivity contribution < 1.29 is 23.9 Å². The van der Waals surface area contributed by atoms with Crippen molar-refractivity contribution in [2.45, 2.75) is 38.6 Å². The Morgan fingerprint density at radius 3 is 2.64 bits per heavy atom. The summed E-state index contributed by atoms with van der Waals surface area (Å²) in [4.78, 5) is 49.9. The highest BCUT2D eigenvalue weighted by atomic mass is 16.5. The average molecular weight is 384 g/mol. The smallest absolute Gasteiger partial charge is 0.338 e. The van der Waals surface area contributed by atoms with Gasteiger partial charge in [0.25, 0.3) is 17.7 Å². The van der Waals surface area contributed by atoms with Crippen LogP contribution in [-0.2, 0) is 9.53 Å². The molecule has 1 heterocycles. The maximum absolute atomic E-state index is 12.3. The summed E-state index contributed by atoms with van der Waals surface area (Å²) in [5.74, 6) is -1.53. The molecule has 0 aromatic heterocycles. The Balaban J connectivity index is 1.60. The number of imide groups is 1. The number of amides is 3. The first-order valence-corrected chi connectivity index (χ1v) is 9.50. The second-order valence-electron chi connectivity index (χ2n) is 7.28. The third kappa shape index (κ3) is 3.98. The zero-order valence-corrected chi connectivity index (χ0v) is 15.9. The second kappa shape index (κ2) is 8.37. The van der Waals surface area contributed by atoms with E-state index in [2.05, 4.69) is 18.8 Å². The van der Waals surface area contributed by atoms with Crippen LogP contribution in [-0.4, -0.2) is 47.8 Å². The van der Waals surface area contributed by atoms with Gasteiger partial charge >= 0.3 is 5.97 Å². The SMILES string of the molecule is C=CCN1C(=O)c2ccc(C(=O)OCC(=O)N[C@H]3CCCC[C@H]3C)cc2C1=O. The van der Waals surface area contributed by atoms with Crippen LogP contribution in [0.2, 0.25) is 0 Å². The van der Waals surface area contributed by atoms with E-state index in [0.29, 0.717) is 5.92 Å². The minimum absolute atomic E-state index is 0.103. The molecule has 2 aliphatic rings. The molecule has 1 fully saturated rings. The van der Waals surface area contributed by atoms with E-state index < -0.39 is 17.8 Å². The number of ether oxygens (including phenoxy) is 1. The van der Waals surface area contributed by atoms with E-state index in [0.717, 1.165) is 24.2 Å². The van der Waals surface area contributed by atoms with E-state index in [9.17, 15) is 19.2 Å². The number of nitrogens with zero attached hydrogens (tertiary/aromatic N) is 1. The monoisotopic (exact) mass is 384 g/mol. The molecule has 7 nitrogen and oxygen atoms in total. The minimum atomic E-state index is -0.711. The minimum Gasteiger partial charge on any atom is -0.452 e. The normalized spacial score (nSPS) is 21.2. The van der Waals surface area contributed by atoms with Gasteiger partial charge in [-0.1, -0.05) is 25.8 Å². The average Bonchev–Trinajstić information content (AvgIpc) is 2.92. The van der Waals surface area contributed by atoms with Crippen LogP contribution in [0.25, 0.3) is 0 Å². The van der Waals surface area contributed by atoms with Crippen LogP contribution in [0, 0.1) is 5.92 Å². The number of rotatable bonds is 6. The molecule has 0 saturated heterocycles. The summed E-state index contributed by atoms with van der Waals surface area (Å²) in [6.45, 7) is 5.36. The molecular formula is C21H24N2O5. The number of fused-ring (bicyclic) bond motifs is 1. The van der Waals surface area contributed by atoms with Crippen molar-refractivity contribution in [1.29, 1.82) is 0 Å². The Kier molecular flexibility index (Phi) is 5.92. The molecule has 1 aromatic rings. The van der Waals surface area contributed by atoms with Crippen molar-refractivity contribution in [3.05, 3.63) is 47.5 Å². The van der Waals surface area contributed by atoms with E-state index in [1.165, 1.54) is 30.7 Å². The highest BCUT2D eigenvalue weighted by Crippen LogP contribution is 2.25. The fraction of sp³-hybridized carbons (Fsp3) is 0.429. The predicted octanol–water partition coefficient (Wildman–Crippen LogP) is 2.32. The molecule has 2 atom stereocenters. The van der Waals surface area contributed by atoms with Crippen LogP contribution in [0.4, 0.5) is 0 Å². The summed E-state index contributed by atoms with van der Waals surface area (Å²) in [6, 6.07) is 4.30. The van der Waals surface area contributed by atoms with Gasteiger partial charge in [0.15, 0.2) is 6.61 Å². The van der Waals surface area contributed by atoms with Crippen LogP contribution < -0.4 is 5.32 Å². The first-order valence-electron chi connectivity index (χ1n) is 9.50. The largest absolute Gasteiger partial charge is 0.452 e. The summed E-state index contributed by atoms with van der Waals surface area (Å²) >= 11 is 0. The second-order valence-corrected chi connectivity index (χ2v) is 7.28. The van der Waals surface area contributed by atoms with Gasteiger partial charge in [0.1, 0.15) is 0 Å². The molecule has 1 N–H and O–H groups in total. The van der Waals surface area contributed by atoms with E-state index in [4.69, 9.17) is 4.74 Å². The van der Waals surface area contributed by atoms with Crippen LogP contribution in [0.15, 0.2) is 30.9 Å². The Morgan fingerprint density at radius 1 is 1.21 bits per heavy atom. The molecule has 3 rings (SSSR count). The van der Waals surface area contributed by atoms with Crippen LogP contribution >= 0.6 is 0 Å². The molecule has 7 heteroatoms. The summed E-state index contributed by atoms with van der Waals surface area (Å²) in [6.07, 6.45) is 5.73. The van der Waals surface area contributed by atoms with Crippen molar-refractivity contribution in [3.63, 3.8) is 0 Å². The lowest BCUT2D eigenvalue weighted by Gasteiger charge is -2.29. The van der Waals surface area contributed by atoms with E-state index in [-0.39, 0.29) is 41.8 Å². The standard InChI is InChI=1S/C21H24N2O5/c1-3-10-23-19(25)15-9-8-14(11-16(15)20(23)26)21(27)28-12-18(24)22-17-7-5-4-6-13(17)2/h3,8-9,11,13,17H,1,4-7,10,12H2,2H3,(H,22,24)/t13-,17+/m1/s1. The number of hydrogen-bond donors (Lipinski definition) is 1. The zero-order chi connectivity index (χ0) is 20.3. The molecule has 1 aliphatic carbocycles. The topological polar surface area (TPSA) is 92.8 Å². The van der Waals surface area contributed by atoms with Gasteiger partial charge in [0.2, 0.25) is 0 Å². The van der Waals surface area contributed by atoms with Gasteiger partial charge in [0, 0.05) is 12.6 Å². The predicted molar refractivity (Wildman–Crippen MR) is 102 cm³/mol. The molecule has 0 radical (unpaired) electrons. The summed E-state index contributed by atoms with van der Waals surface area (Å²) in [7, 11) is 0. The highest BCUT2D eigenvalue weighted by Gasteiger charge is 2.35. The maximum Gasteiger partial charge on any atom is 0.338 e. The van der Waals surface area contributed by atoms with Gasteiger partial charge in [-0.25, -0.2) is 4.79 Å². The van der Waals surface area contributed by atoms with E-state index in [1.807, 2.05) is 0 Å². The Bertz CT molecular complexity index is 832. The summed E-state index contributed by atoms with van der Waals surface area (Å²) in [5, 5.41) is 2.92. The quantitative estimate of drug-likeness (QED) is 0.462. The van der Waals surface area contributed by atoms with Crippen molar-refractivity contribution in [3.8, 4) is 0 Å². The Hall–Kier alpha value is -2.96. The molecule has 1 aromatic carbocycles. The molecule has 1 aliphatic heterocycles. The lowest BCUT2D eigenvalue weighted by Crippen LogP contribution is -2.42. The Morgan fingerprint density at radius 2 is 1.93 bits per heavy atom. The third-order valence-electron chi connectivity index (χ3n) is 5.31. The van der Waals surface area contributed by atoms with Gasteiger partial charge in [-0.05, 0) is 37.0 Å².